The van der Waals surface area contributed by atoms with Crippen LogP contribution in [-0.2, 0) is 0 Å². The van der Waals surface area contributed by atoms with Crippen molar-refractivity contribution in [2.45, 2.75) is 38.7 Å². The van der Waals surface area contributed by atoms with Gasteiger partial charge in [0, 0.05) is 24.4 Å². The Morgan fingerprint density at radius 1 is 1.47 bits per heavy atom. The molecule has 0 aliphatic heterocycles. The first-order valence-corrected chi connectivity index (χ1v) is 6.79. The van der Waals surface area contributed by atoms with Crippen molar-refractivity contribution in [1.82, 2.24) is 9.97 Å². The van der Waals surface area contributed by atoms with Crippen molar-refractivity contribution < 1.29 is 5.11 Å². The van der Waals surface area contributed by atoms with Crippen molar-refractivity contribution in [1.29, 1.82) is 0 Å². The molecule has 1 heterocycles. The van der Waals surface area contributed by atoms with Crippen molar-refractivity contribution in [2.75, 3.05) is 11.9 Å². The lowest BCUT2D eigenvalue weighted by molar-refractivity contribution is 0.00953. The number of hydrogen-bond acceptors (Lipinski definition) is 4. The molecule has 1 aliphatic carbocycles. The summed E-state index contributed by atoms with van der Waals surface area (Å²) in [6, 6.07) is 0. The van der Waals surface area contributed by atoms with E-state index in [-0.39, 0.29) is 11.5 Å². The number of halogens is 1. The SMILES string of the molecule is CC1(CNc2ncc(Br)cn2)CCCCC1O. The predicted molar refractivity (Wildman–Crippen MR) is 70.8 cm³/mol. The molecule has 0 bridgehead atoms. The summed E-state index contributed by atoms with van der Waals surface area (Å²) in [7, 11) is 0. The van der Waals surface area contributed by atoms with Crippen LogP contribution in [0.2, 0.25) is 0 Å². The molecule has 2 rings (SSSR count). The van der Waals surface area contributed by atoms with E-state index >= 15 is 0 Å². The zero-order valence-corrected chi connectivity index (χ0v) is 11.6. The summed E-state index contributed by atoms with van der Waals surface area (Å²) >= 11 is 3.30. The molecule has 1 aromatic rings. The van der Waals surface area contributed by atoms with Crippen molar-refractivity contribution in [3.8, 4) is 0 Å². The van der Waals surface area contributed by atoms with Gasteiger partial charge in [-0.3, -0.25) is 0 Å². The Hall–Kier alpha value is -0.680. The summed E-state index contributed by atoms with van der Waals surface area (Å²) in [5, 5.41) is 13.3. The van der Waals surface area contributed by atoms with Crippen molar-refractivity contribution in [2.24, 2.45) is 5.41 Å². The number of anilines is 1. The smallest absolute Gasteiger partial charge is 0.222 e. The van der Waals surface area contributed by atoms with Gasteiger partial charge in [-0.2, -0.15) is 0 Å². The van der Waals surface area contributed by atoms with E-state index in [1.54, 1.807) is 12.4 Å². The van der Waals surface area contributed by atoms with Crippen LogP contribution in [0.4, 0.5) is 5.95 Å². The van der Waals surface area contributed by atoms with Gasteiger partial charge in [0.15, 0.2) is 0 Å². The number of aliphatic hydroxyl groups is 1. The molecule has 17 heavy (non-hydrogen) atoms. The molecular weight excluding hydrogens is 282 g/mol. The number of aromatic nitrogens is 2. The second kappa shape index (κ2) is 5.31. The molecular formula is C12H18BrN3O. The molecule has 1 fully saturated rings. The van der Waals surface area contributed by atoms with Crippen LogP contribution in [0.3, 0.4) is 0 Å². The zero-order chi connectivity index (χ0) is 12.3. The molecule has 1 aliphatic rings. The monoisotopic (exact) mass is 299 g/mol. The molecule has 4 nitrogen and oxygen atoms in total. The largest absolute Gasteiger partial charge is 0.392 e. The highest BCUT2D eigenvalue weighted by Gasteiger charge is 2.35. The van der Waals surface area contributed by atoms with Crippen molar-refractivity contribution in [3.63, 3.8) is 0 Å². The average Bonchev–Trinajstić information content (AvgIpc) is 2.33. The Labute approximate surface area is 110 Å². The van der Waals surface area contributed by atoms with Gasteiger partial charge < -0.3 is 10.4 Å². The molecule has 1 aromatic heterocycles. The molecule has 2 N–H and O–H groups in total. The second-order valence-electron chi connectivity index (χ2n) is 4.99. The summed E-state index contributed by atoms with van der Waals surface area (Å²) in [5.41, 5.74) is -0.0608. The molecule has 0 aromatic carbocycles. The molecule has 94 valence electrons. The summed E-state index contributed by atoms with van der Waals surface area (Å²) in [5.74, 6) is 0.618. The van der Waals surface area contributed by atoms with Crippen molar-refractivity contribution >= 4 is 21.9 Å². The highest BCUT2D eigenvalue weighted by atomic mass is 79.9. The molecule has 0 radical (unpaired) electrons. The van der Waals surface area contributed by atoms with E-state index in [0.717, 1.165) is 30.3 Å². The maximum atomic E-state index is 10.1. The third-order valence-corrected chi connectivity index (χ3v) is 3.96. The van der Waals surface area contributed by atoms with Crippen LogP contribution in [0.1, 0.15) is 32.6 Å². The van der Waals surface area contributed by atoms with E-state index in [4.69, 9.17) is 0 Å². The van der Waals surface area contributed by atoms with Crippen LogP contribution >= 0.6 is 15.9 Å². The van der Waals surface area contributed by atoms with Gasteiger partial charge in [0.1, 0.15) is 0 Å². The first kappa shape index (κ1) is 12.8. The third kappa shape index (κ3) is 3.16. The van der Waals surface area contributed by atoms with E-state index in [9.17, 15) is 5.11 Å². The minimum Gasteiger partial charge on any atom is -0.392 e. The van der Waals surface area contributed by atoms with E-state index in [1.807, 2.05) is 0 Å². The van der Waals surface area contributed by atoms with Gasteiger partial charge in [0.2, 0.25) is 5.95 Å². The number of nitrogens with one attached hydrogen (secondary N) is 1. The standard InChI is InChI=1S/C12H18BrN3O/c1-12(5-3-2-4-10(12)17)8-16-11-14-6-9(13)7-15-11/h6-7,10,17H,2-5,8H2,1H3,(H,14,15,16). The Morgan fingerprint density at radius 2 is 2.18 bits per heavy atom. The quantitative estimate of drug-likeness (QED) is 0.901. The second-order valence-corrected chi connectivity index (χ2v) is 5.91. The van der Waals surface area contributed by atoms with Crippen LogP contribution in [-0.4, -0.2) is 27.7 Å². The van der Waals surface area contributed by atoms with Gasteiger partial charge >= 0.3 is 0 Å². The van der Waals surface area contributed by atoms with E-state index in [1.165, 1.54) is 6.42 Å². The molecule has 2 unspecified atom stereocenters. The van der Waals surface area contributed by atoms with Crippen LogP contribution in [0.25, 0.3) is 0 Å². The lowest BCUT2D eigenvalue weighted by Gasteiger charge is -2.38. The van der Waals surface area contributed by atoms with Gasteiger partial charge in [-0.25, -0.2) is 9.97 Å². The maximum Gasteiger partial charge on any atom is 0.222 e. The van der Waals surface area contributed by atoms with Crippen molar-refractivity contribution in [3.05, 3.63) is 16.9 Å². The van der Waals surface area contributed by atoms with Gasteiger partial charge in [-0.15, -0.1) is 0 Å². The minimum atomic E-state index is -0.223. The summed E-state index contributed by atoms with van der Waals surface area (Å²) in [6.45, 7) is 2.85. The van der Waals surface area contributed by atoms with Gasteiger partial charge in [0.05, 0.1) is 10.6 Å². The lowest BCUT2D eigenvalue weighted by Crippen LogP contribution is -2.41. The summed E-state index contributed by atoms with van der Waals surface area (Å²) in [4.78, 5) is 8.34. The Morgan fingerprint density at radius 3 is 2.82 bits per heavy atom. The van der Waals surface area contributed by atoms with Gasteiger partial charge in [-0.1, -0.05) is 19.8 Å². The normalized spacial score (nSPS) is 29.0. The molecule has 0 saturated heterocycles. The van der Waals surface area contributed by atoms with Crippen LogP contribution < -0.4 is 5.32 Å². The summed E-state index contributed by atoms with van der Waals surface area (Å²) < 4.78 is 0.868. The average molecular weight is 300 g/mol. The first-order valence-electron chi connectivity index (χ1n) is 6.00. The van der Waals surface area contributed by atoms with Gasteiger partial charge in [-0.05, 0) is 28.8 Å². The highest BCUT2D eigenvalue weighted by Crippen LogP contribution is 2.35. The first-order chi connectivity index (χ1) is 8.10. The third-order valence-electron chi connectivity index (χ3n) is 3.55. The molecule has 0 amide bonds. The minimum absolute atomic E-state index is 0.0608. The van der Waals surface area contributed by atoms with E-state index in [2.05, 4.69) is 38.1 Å². The fourth-order valence-corrected chi connectivity index (χ4v) is 2.48. The Bertz CT molecular complexity index is 371. The fourth-order valence-electron chi connectivity index (χ4n) is 2.27. The molecule has 1 saturated carbocycles. The lowest BCUT2D eigenvalue weighted by atomic mass is 9.73. The molecule has 5 heteroatoms. The number of rotatable bonds is 3. The maximum absolute atomic E-state index is 10.1. The molecule has 2 atom stereocenters. The zero-order valence-electron chi connectivity index (χ0n) is 9.99. The number of hydrogen-bond donors (Lipinski definition) is 2. The Balaban J connectivity index is 1.94. The number of aliphatic hydroxyl groups excluding tert-OH is 1. The van der Waals surface area contributed by atoms with Crippen LogP contribution in [0.5, 0.6) is 0 Å². The van der Waals surface area contributed by atoms with Crippen LogP contribution in [0.15, 0.2) is 16.9 Å². The number of nitrogens with zero attached hydrogens (tertiary/aromatic N) is 2. The van der Waals surface area contributed by atoms with Gasteiger partial charge in [0.25, 0.3) is 0 Å². The van der Waals surface area contributed by atoms with E-state index in [0.29, 0.717) is 5.95 Å². The van der Waals surface area contributed by atoms with Crippen LogP contribution in [0, 0.1) is 5.41 Å². The fraction of sp³-hybridized carbons (Fsp3) is 0.667. The topological polar surface area (TPSA) is 58.0 Å². The summed E-state index contributed by atoms with van der Waals surface area (Å²) in [6.07, 6.45) is 7.49. The Kier molecular flexibility index (Phi) is 3.99. The highest BCUT2D eigenvalue weighted by molar-refractivity contribution is 9.10. The van der Waals surface area contributed by atoms with E-state index < -0.39 is 0 Å². The predicted octanol–water partition coefficient (Wildman–Crippen LogP) is 2.59. The molecule has 0 spiro atoms.